The van der Waals surface area contributed by atoms with Crippen molar-refractivity contribution < 1.29 is 43.5 Å². The first kappa shape index (κ1) is 32.9. The Hall–Kier alpha value is -2.98. The molecule has 0 radical (unpaired) electrons. The summed E-state index contributed by atoms with van der Waals surface area (Å²) in [6.07, 6.45) is -0.568. The van der Waals surface area contributed by atoms with E-state index < -0.39 is 28.8 Å². The van der Waals surface area contributed by atoms with Gasteiger partial charge in [0.1, 0.15) is 18.1 Å². The summed E-state index contributed by atoms with van der Waals surface area (Å²) < 4.78 is 30.1. The zero-order valence-corrected chi connectivity index (χ0v) is 26.7. The van der Waals surface area contributed by atoms with Crippen molar-refractivity contribution >= 4 is 11.8 Å². The second kappa shape index (κ2) is 12.6. The van der Waals surface area contributed by atoms with Crippen LogP contribution in [-0.2, 0) is 34.9 Å². The molecule has 0 bridgehead atoms. The fourth-order valence-corrected chi connectivity index (χ4v) is 5.63. The first-order chi connectivity index (χ1) is 20.0. The average molecular weight is 599 g/mol. The molecule has 2 aliphatic heterocycles. The van der Waals surface area contributed by atoms with E-state index in [1.165, 1.54) is 0 Å². The summed E-state index contributed by atoms with van der Waals surface area (Å²) in [7, 11) is 0. The van der Waals surface area contributed by atoms with E-state index in [0.717, 1.165) is 16.7 Å². The molecule has 2 heterocycles. The number of carbonyl (C=O) groups excluding carboxylic acids is 2. The maximum absolute atomic E-state index is 13.4. The van der Waals surface area contributed by atoms with Gasteiger partial charge in [-0.15, -0.1) is 0 Å². The highest BCUT2D eigenvalue weighted by Gasteiger charge is 2.49. The van der Waals surface area contributed by atoms with Gasteiger partial charge in [-0.25, -0.2) is 0 Å². The van der Waals surface area contributed by atoms with Crippen LogP contribution in [0.3, 0.4) is 0 Å². The summed E-state index contributed by atoms with van der Waals surface area (Å²) in [5, 5.41) is 20.1. The van der Waals surface area contributed by atoms with Gasteiger partial charge >= 0.3 is 5.97 Å². The van der Waals surface area contributed by atoms with E-state index in [-0.39, 0.29) is 36.3 Å². The molecule has 43 heavy (non-hydrogen) atoms. The molecule has 236 valence electrons. The number of benzene rings is 2. The van der Waals surface area contributed by atoms with Crippen molar-refractivity contribution in [3.05, 3.63) is 57.6 Å². The minimum Gasteiger partial charge on any atom is -0.507 e. The first-order valence-corrected chi connectivity index (χ1v) is 14.8. The van der Waals surface area contributed by atoms with E-state index in [9.17, 15) is 19.8 Å². The molecule has 9 heteroatoms. The van der Waals surface area contributed by atoms with E-state index in [0.29, 0.717) is 49.5 Å². The fraction of sp³-hybridized carbons (Fsp3) is 0.588. The molecule has 0 aliphatic carbocycles. The quantitative estimate of drug-likeness (QED) is 0.286. The molecular weight excluding hydrogens is 552 g/mol. The van der Waals surface area contributed by atoms with Crippen LogP contribution in [0.1, 0.15) is 72.3 Å². The minimum atomic E-state index is -0.956. The van der Waals surface area contributed by atoms with Crippen molar-refractivity contribution in [1.82, 2.24) is 0 Å². The average Bonchev–Trinajstić information content (AvgIpc) is 2.96. The third-order valence-corrected chi connectivity index (χ3v) is 8.50. The zero-order chi connectivity index (χ0) is 31.7. The van der Waals surface area contributed by atoms with Crippen molar-refractivity contribution in [3.8, 4) is 11.5 Å². The Labute approximate surface area is 254 Å². The van der Waals surface area contributed by atoms with E-state index in [1.807, 2.05) is 39.8 Å². The maximum atomic E-state index is 13.4. The predicted octanol–water partition coefficient (Wildman–Crippen LogP) is 5.47. The van der Waals surface area contributed by atoms with Gasteiger partial charge < -0.3 is 33.9 Å². The lowest BCUT2D eigenvalue weighted by Crippen LogP contribution is -2.57. The Morgan fingerprint density at radius 1 is 0.791 bits per heavy atom. The van der Waals surface area contributed by atoms with Gasteiger partial charge in [0.25, 0.3) is 0 Å². The second-order valence-corrected chi connectivity index (χ2v) is 13.6. The predicted molar refractivity (Wildman–Crippen MR) is 160 cm³/mol. The molecule has 2 N–H and O–H groups in total. The van der Waals surface area contributed by atoms with E-state index in [4.69, 9.17) is 23.7 Å². The molecule has 2 fully saturated rings. The summed E-state index contributed by atoms with van der Waals surface area (Å²) in [5.74, 6) is 0.0384. The number of carbonyl (C=O) groups is 2. The van der Waals surface area contributed by atoms with E-state index in [2.05, 4.69) is 0 Å². The number of esters is 1. The molecule has 0 amide bonds. The molecule has 0 unspecified atom stereocenters. The maximum Gasteiger partial charge on any atom is 0.306 e. The number of phenols is 2. The van der Waals surface area contributed by atoms with Gasteiger partial charge in [0, 0.05) is 17.4 Å². The van der Waals surface area contributed by atoms with Crippen LogP contribution in [0.15, 0.2) is 24.3 Å². The zero-order valence-electron chi connectivity index (χ0n) is 26.7. The number of aromatic hydroxyl groups is 2. The lowest BCUT2D eigenvalue weighted by Gasteiger charge is -2.48. The largest absolute Gasteiger partial charge is 0.507 e. The van der Waals surface area contributed by atoms with Crippen LogP contribution in [0.4, 0.5) is 0 Å². The molecular formula is C34H46O9. The summed E-state index contributed by atoms with van der Waals surface area (Å²) >= 11 is 0. The van der Waals surface area contributed by atoms with Crippen molar-refractivity contribution in [1.29, 1.82) is 0 Å². The van der Waals surface area contributed by atoms with Crippen LogP contribution in [0, 0.1) is 43.9 Å². The number of hydrogen-bond acceptors (Lipinski definition) is 9. The van der Waals surface area contributed by atoms with Crippen molar-refractivity contribution in [2.75, 3.05) is 33.0 Å². The lowest BCUT2D eigenvalue weighted by atomic mass is 9.81. The highest BCUT2D eigenvalue weighted by atomic mass is 16.7. The summed E-state index contributed by atoms with van der Waals surface area (Å²) in [6, 6.07) is 7.15. The molecule has 1 spiro atoms. The summed E-state index contributed by atoms with van der Waals surface area (Å²) in [6.45, 7) is 16.1. The molecule has 2 aliphatic rings. The Bertz CT molecular complexity index is 1300. The number of ketones is 1. The van der Waals surface area contributed by atoms with Gasteiger partial charge in [0.05, 0.1) is 37.3 Å². The molecule has 2 aromatic carbocycles. The van der Waals surface area contributed by atoms with E-state index in [1.54, 1.807) is 39.8 Å². The third-order valence-electron chi connectivity index (χ3n) is 8.50. The molecule has 2 saturated heterocycles. The number of phenolic OH excluding ortho intramolecular Hbond substituents is 2. The lowest BCUT2D eigenvalue weighted by molar-refractivity contribution is -0.331. The normalized spacial score (nSPS) is 22.9. The first-order valence-electron chi connectivity index (χ1n) is 14.8. The number of hydrogen-bond donors (Lipinski definition) is 2. The van der Waals surface area contributed by atoms with Crippen molar-refractivity contribution in [3.63, 3.8) is 0 Å². The van der Waals surface area contributed by atoms with Crippen LogP contribution >= 0.6 is 0 Å². The molecule has 0 saturated carbocycles. The summed E-state index contributed by atoms with van der Waals surface area (Å²) in [5.41, 5.74) is 2.29. The van der Waals surface area contributed by atoms with Crippen LogP contribution in [0.5, 0.6) is 11.5 Å². The van der Waals surface area contributed by atoms with E-state index >= 15 is 0 Å². The highest BCUT2D eigenvalue weighted by molar-refractivity contribution is 6.01. The topological polar surface area (TPSA) is 121 Å². The van der Waals surface area contributed by atoms with Crippen molar-refractivity contribution in [2.45, 2.75) is 80.8 Å². The number of ether oxygens (including phenoxy) is 5. The van der Waals surface area contributed by atoms with Gasteiger partial charge in [0.15, 0.2) is 18.4 Å². The molecule has 4 rings (SSSR count). The molecule has 0 atom stereocenters. The van der Waals surface area contributed by atoms with Crippen LogP contribution in [0.2, 0.25) is 0 Å². The SMILES string of the molecule is Cc1cc(CCC(=O)OCC(C)(C)C2OCC3(CO2)COC(C(C)(C)C(=O)c2cc(C)c(O)c(C)c2)OC3)cc(C)c1O. The standard InChI is InChI=1S/C34H46O9/c1-20-11-24(12-21(2)27(20)36)9-10-26(35)39-15-32(5,6)30-40-16-34(17-41-30)18-42-31(43-19-34)33(7,8)29(38)25-13-22(3)28(37)23(4)14-25/h11-14,30-31,36-37H,9-10,15-19H2,1-8H3. The third kappa shape index (κ3) is 7.23. The Kier molecular flexibility index (Phi) is 9.61. The van der Waals surface area contributed by atoms with Gasteiger partial charge in [-0.3, -0.25) is 9.59 Å². The van der Waals surface area contributed by atoms with Crippen LogP contribution in [-0.4, -0.2) is 67.6 Å². The fourth-order valence-electron chi connectivity index (χ4n) is 5.63. The smallest absolute Gasteiger partial charge is 0.306 e. The van der Waals surface area contributed by atoms with Crippen LogP contribution in [0.25, 0.3) is 0 Å². The number of aryl methyl sites for hydroxylation is 5. The Balaban J connectivity index is 1.25. The Morgan fingerprint density at radius 2 is 1.23 bits per heavy atom. The van der Waals surface area contributed by atoms with Crippen LogP contribution < -0.4 is 0 Å². The number of Topliss-reactive ketones (excluding diaryl/α,β-unsaturated/α-hetero) is 1. The highest BCUT2D eigenvalue weighted by Crippen LogP contribution is 2.40. The molecule has 2 aromatic rings. The van der Waals surface area contributed by atoms with Crippen molar-refractivity contribution in [2.24, 2.45) is 16.2 Å². The van der Waals surface area contributed by atoms with Gasteiger partial charge in [-0.1, -0.05) is 26.0 Å². The minimum absolute atomic E-state index is 0.125. The van der Waals surface area contributed by atoms with Gasteiger partial charge in [-0.2, -0.15) is 0 Å². The van der Waals surface area contributed by atoms with Gasteiger partial charge in [-0.05, 0) is 87.9 Å². The summed E-state index contributed by atoms with van der Waals surface area (Å²) in [4.78, 5) is 25.9. The molecule has 9 nitrogen and oxygen atoms in total. The second-order valence-electron chi connectivity index (χ2n) is 13.6. The van der Waals surface area contributed by atoms with Gasteiger partial charge in [0.2, 0.25) is 0 Å². The number of rotatable bonds is 9. The Morgan fingerprint density at radius 3 is 1.72 bits per heavy atom. The monoisotopic (exact) mass is 598 g/mol. The molecule has 0 aromatic heterocycles.